The van der Waals surface area contributed by atoms with E-state index in [4.69, 9.17) is 9.47 Å². The molecule has 5 nitrogen and oxygen atoms in total. The van der Waals surface area contributed by atoms with Crippen molar-refractivity contribution in [1.29, 1.82) is 0 Å². The van der Waals surface area contributed by atoms with Gasteiger partial charge < -0.3 is 9.47 Å². The SMILES string of the molecule is CC(C)CCOC(=O)c1cccc(C(=O)OCC(C)C)n1. The number of rotatable bonds is 7. The van der Waals surface area contributed by atoms with Crippen molar-refractivity contribution in [2.24, 2.45) is 11.8 Å². The monoisotopic (exact) mass is 293 g/mol. The van der Waals surface area contributed by atoms with Crippen LogP contribution in [0.4, 0.5) is 0 Å². The minimum absolute atomic E-state index is 0.119. The first-order chi connectivity index (χ1) is 9.90. The van der Waals surface area contributed by atoms with Crippen LogP contribution in [-0.2, 0) is 9.47 Å². The van der Waals surface area contributed by atoms with Crippen molar-refractivity contribution in [3.63, 3.8) is 0 Å². The molecular weight excluding hydrogens is 270 g/mol. The number of hydrogen-bond donors (Lipinski definition) is 0. The summed E-state index contributed by atoms with van der Waals surface area (Å²) in [4.78, 5) is 27.6. The first-order valence-electron chi connectivity index (χ1n) is 7.21. The molecule has 0 aliphatic carbocycles. The molecule has 0 radical (unpaired) electrons. The maximum absolute atomic E-state index is 11.8. The van der Waals surface area contributed by atoms with Gasteiger partial charge in [0.15, 0.2) is 0 Å². The molecule has 0 amide bonds. The van der Waals surface area contributed by atoms with Crippen molar-refractivity contribution < 1.29 is 19.1 Å². The van der Waals surface area contributed by atoms with Crippen LogP contribution in [0.1, 0.15) is 55.1 Å². The standard InChI is InChI=1S/C16H23NO4/c1-11(2)8-9-20-15(18)13-6-5-7-14(17-13)16(19)21-10-12(3)4/h5-7,11-12H,8-10H2,1-4H3. The van der Waals surface area contributed by atoms with E-state index in [-0.39, 0.29) is 17.3 Å². The molecular formula is C16H23NO4. The number of carbonyl (C=O) groups is 2. The number of ether oxygens (including phenoxy) is 2. The lowest BCUT2D eigenvalue weighted by Crippen LogP contribution is -2.15. The highest BCUT2D eigenvalue weighted by Gasteiger charge is 2.14. The Hall–Kier alpha value is -1.91. The number of esters is 2. The molecule has 1 rings (SSSR count). The molecule has 1 aromatic heterocycles. The van der Waals surface area contributed by atoms with Gasteiger partial charge in [0.25, 0.3) is 0 Å². The third-order valence-electron chi connectivity index (χ3n) is 2.64. The lowest BCUT2D eigenvalue weighted by molar-refractivity contribution is 0.0449. The van der Waals surface area contributed by atoms with E-state index in [1.54, 1.807) is 6.07 Å². The zero-order valence-electron chi connectivity index (χ0n) is 13.1. The summed E-state index contributed by atoms with van der Waals surface area (Å²) in [6.07, 6.45) is 0.794. The summed E-state index contributed by atoms with van der Waals surface area (Å²) < 4.78 is 10.2. The Morgan fingerprint density at radius 2 is 1.57 bits per heavy atom. The minimum Gasteiger partial charge on any atom is -0.461 e. The Morgan fingerprint density at radius 3 is 2.10 bits per heavy atom. The molecule has 0 saturated carbocycles. The fourth-order valence-corrected chi connectivity index (χ4v) is 1.44. The molecule has 0 aromatic carbocycles. The van der Waals surface area contributed by atoms with Gasteiger partial charge in [0.1, 0.15) is 11.4 Å². The predicted molar refractivity (Wildman–Crippen MR) is 79.1 cm³/mol. The minimum atomic E-state index is -0.527. The molecule has 1 aromatic rings. The van der Waals surface area contributed by atoms with Gasteiger partial charge in [-0.05, 0) is 30.4 Å². The second kappa shape index (κ2) is 8.39. The summed E-state index contributed by atoms with van der Waals surface area (Å²) in [5.74, 6) is -0.337. The average molecular weight is 293 g/mol. The van der Waals surface area contributed by atoms with E-state index in [1.165, 1.54) is 12.1 Å². The molecule has 21 heavy (non-hydrogen) atoms. The molecule has 0 unspecified atom stereocenters. The van der Waals surface area contributed by atoms with Crippen LogP contribution in [0.5, 0.6) is 0 Å². The summed E-state index contributed by atoms with van der Waals surface area (Å²) in [6, 6.07) is 4.64. The lowest BCUT2D eigenvalue weighted by atomic mass is 10.1. The van der Waals surface area contributed by atoms with Gasteiger partial charge in [-0.2, -0.15) is 0 Å². The molecule has 0 saturated heterocycles. The van der Waals surface area contributed by atoms with Gasteiger partial charge in [0.2, 0.25) is 0 Å². The molecule has 1 heterocycles. The Balaban J connectivity index is 2.62. The normalized spacial score (nSPS) is 10.8. The quantitative estimate of drug-likeness (QED) is 0.723. The van der Waals surface area contributed by atoms with E-state index >= 15 is 0 Å². The molecule has 0 N–H and O–H groups in total. The van der Waals surface area contributed by atoms with Gasteiger partial charge in [0.05, 0.1) is 13.2 Å². The van der Waals surface area contributed by atoms with Crippen LogP contribution in [0.15, 0.2) is 18.2 Å². The number of carbonyl (C=O) groups excluding carboxylic acids is 2. The largest absolute Gasteiger partial charge is 0.461 e. The Labute approximate surface area is 125 Å². The first kappa shape index (κ1) is 17.1. The van der Waals surface area contributed by atoms with E-state index in [1.807, 2.05) is 13.8 Å². The molecule has 0 atom stereocenters. The van der Waals surface area contributed by atoms with Crippen LogP contribution >= 0.6 is 0 Å². The Kier molecular flexibility index (Phi) is 6.85. The molecule has 0 aliphatic rings. The number of nitrogens with zero attached hydrogens (tertiary/aromatic N) is 1. The van der Waals surface area contributed by atoms with Crippen LogP contribution in [0.25, 0.3) is 0 Å². The second-order valence-electron chi connectivity index (χ2n) is 5.72. The second-order valence-corrected chi connectivity index (χ2v) is 5.72. The summed E-state index contributed by atoms with van der Waals surface area (Å²) in [6.45, 7) is 8.67. The maximum atomic E-state index is 11.8. The third kappa shape index (κ3) is 6.38. The highest BCUT2D eigenvalue weighted by molar-refractivity contribution is 5.91. The van der Waals surface area contributed by atoms with Crippen LogP contribution in [0.3, 0.4) is 0 Å². The van der Waals surface area contributed by atoms with Crippen LogP contribution < -0.4 is 0 Å². The highest BCUT2D eigenvalue weighted by Crippen LogP contribution is 2.06. The van der Waals surface area contributed by atoms with E-state index in [2.05, 4.69) is 18.8 Å². The Morgan fingerprint density at radius 1 is 1.00 bits per heavy atom. The van der Waals surface area contributed by atoms with Crippen molar-refractivity contribution in [3.8, 4) is 0 Å². The summed E-state index contributed by atoms with van der Waals surface area (Å²) in [5, 5.41) is 0. The zero-order valence-corrected chi connectivity index (χ0v) is 13.1. The fraction of sp³-hybridized carbons (Fsp3) is 0.562. The van der Waals surface area contributed by atoms with E-state index in [0.717, 1.165) is 6.42 Å². The average Bonchev–Trinajstić information content (AvgIpc) is 2.44. The van der Waals surface area contributed by atoms with E-state index < -0.39 is 11.9 Å². The Bertz CT molecular complexity index is 483. The number of aromatic nitrogens is 1. The van der Waals surface area contributed by atoms with E-state index in [9.17, 15) is 9.59 Å². The van der Waals surface area contributed by atoms with Crippen molar-refractivity contribution in [2.75, 3.05) is 13.2 Å². The fourth-order valence-electron chi connectivity index (χ4n) is 1.44. The third-order valence-corrected chi connectivity index (χ3v) is 2.64. The lowest BCUT2D eigenvalue weighted by Gasteiger charge is -2.08. The van der Waals surface area contributed by atoms with Crippen LogP contribution in [0, 0.1) is 11.8 Å². The topological polar surface area (TPSA) is 65.5 Å². The van der Waals surface area contributed by atoms with E-state index in [0.29, 0.717) is 19.1 Å². The maximum Gasteiger partial charge on any atom is 0.356 e. The van der Waals surface area contributed by atoms with Crippen LogP contribution in [0.2, 0.25) is 0 Å². The molecule has 0 bridgehead atoms. The molecule has 0 aliphatic heterocycles. The summed E-state index contributed by atoms with van der Waals surface area (Å²) >= 11 is 0. The summed E-state index contributed by atoms with van der Waals surface area (Å²) in [7, 11) is 0. The smallest absolute Gasteiger partial charge is 0.356 e. The van der Waals surface area contributed by atoms with Crippen molar-refractivity contribution in [3.05, 3.63) is 29.6 Å². The highest BCUT2D eigenvalue weighted by atomic mass is 16.5. The van der Waals surface area contributed by atoms with Crippen molar-refractivity contribution in [2.45, 2.75) is 34.1 Å². The van der Waals surface area contributed by atoms with Crippen molar-refractivity contribution >= 4 is 11.9 Å². The van der Waals surface area contributed by atoms with Gasteiger partial charge >= 0.3 is 11.9 Å². The molecule has 0 fully saturated rings. The molecule has 116 valence electrons. The van der Waals surface area contributed by atoms with Gasteiger partial charge in [-0.25, -0.2) is 14.6 Å². The van der Waals surface area contributed by atoms with Gasteiger partial charge in [-0.15, -0.1) is 0 Å². The van der Waals surface area contributed by atoms with Crippen molar-refractivity contribution in [1.82, 2.24) is 4.98 Å². The summed E-state index contributed by atoms with van der Waals surface area (Å²) in [5.41, 5.74) is 0.242. The van der Waals surface area contributed by atoms with Gasteiger partial charge in [0, 0.05) is 0 Å². The molecule has 0 spiro atoms. The zero-order chi connectivity index (χ0) is 15.8. The van der Waals surface area contributed by atoms with Crippen LogP contribution in [-0.4, -0.2) is 30.1 Å². The predicted octanol–water partition coefficient (Wildman–Crippen LogP) is 3.10. The number of pyridine rings is 1. The van der Waals surface area contributed by atoms with Gasteiger partial charge in [-0.1, -0.05) is 33.8 Å². The first-order valence-corrected chi connectivity index (χ1v) is 7.21. The molecule has 5 heteroatoms. The number of hydrogen-bond acceptors (Lipinski definition) is 5. The van der Waals surface area contributed by atoms with Gasteiger partial charge in [-0.3, -0.25) is 0 Å².